The lowest BCUT2D eigenvalue weighted by Gasteiger charge is -2.31. The molecule has 2 aromatic heterocycles. The summed E-state index contributed by atoms with van der Waals surface area (Å²) in [5, 5.41) is 12.4. The predicted molar refractivity (Wildman–Crippen MR) is 137 cm³/mol. The Morgan fingerprint density at radius 1 is 1.17 bits per heavy atom. The number of carbonyl (C=O) groups is 2. The van der Waals surface area contributed by atoms with Crippen LogP contribution in [0.2, 0.25) is 5.02 Å². The van der Waals surface area contributed by atoms with E-state index in [9.17, 15) is 9.59 Å². The van der Waals surface area contributed by atoms with Gasteiger partial charge in [0, 0.05) is 25.5 Å². The summed E-state index contributed by atoms with van der Waals surface area (Å²) < 4.78 is 5.63. The Kier molecular flexibility index (Phi) is 8.73. The van der Waals surface area contributed by atoms with Crippen molar-refractivity contribution in [3.05, 3.63) is 69.4 Å². The molecule has 35 heavy (non-hydrogen) atoms. The van der Waals surface area contributed by atoms with Gasteiger partial charge in [-0.25, -0.2) is 4.79 Å². The number of ether oxygens (including phenoxy) is 1. The molecule has 1 aliphatic rings. The number of rotatable bonds is 8. The Bertz CT molecular complexity index is 1150. The van der Waals surface area contributed by atoms with Crippen molar-refractivity contribution in [1.29, 1.82) is 0 Å². The Morgan fingerprint density at radius 3 is 2.66 bits per heavy atom. The number of H-pyrrole nitrogens is 1. The first kappa shape index (κ1) is 25.2. The third kappa shape index (κ3) is 7.03. The molecule has 0 aliphatic carbocycles. The second-order valence-corrected chi connectivity index (χ2v) is 9.51. The second-order valence-electron chi connectivity index (χ2n) is 8.31. The lowest BCUT2D eigenvalue weighted by atomic mass is 9.96. The number of carbonyl (C=O) groups excluding carboxylic acids is 2. The normalized spacial score (nSPS) is 14.5. The van der Waals surface area contributed by atoms with Gasteiger partial charge in [-0.1, -0.05) is 23.7 Å². The van der Waals surface area contributed by atoms with Crippen LogP contribution < -0.4 is 15.4 Å². The third-order valence-corrected chi connectivity index (χ3v) is 7.00. The molecule has 1 saturated heterocycles. The van der Waals surface area contributed by atoms with E-state index in [4.69, 9.17) is 16.3 Å². The molecule has 184 valence electrons. The first-order valence-corrected chi connectivity index (χ1v) is 12.5. The van der Waals surface area contributed by atoms with E-state index in [0.29, 0.717) is 27.5 Å². The first-order valence-electron chi connectivity index (χ1n) is 11.4. The van der Waals surface area contributed by atoms with Gasteiger partial charge in [0.1, 0.15) is 10.3 Å². The highest BCUT2D eigenvalue weighted by atomic mass is 79.9. The first-order chi connectivity index (χ1) is 17.0. The van der Waals surface area contributed by atoms with Crippen LogP contribution in [-0.2, 0) is 6.42 Å². The molecular weight excluding hydrogens is 536 g/mol. The molecule has 4 rings (SSSR count). The van der Waals surface area contributed by atoms with Crippen molar-refractivity contribution in [1.82, 2.24) is 25.4 Å². The Labute approximate surface area is 216 Å². The molecule has 11 heteroatoms. The average molecular weight is 562 g/mol. The SMILES string of the molecule is O=C(NCC1CCN(CCc2ccncc2)CC1)Oc1n[nH]c(NC(=O)c2ccccc2Cl)c1Br. The van der Waals surface area contributed by atoms with E-state index >= 15 is 0 Å². The van der Waals surface area contributed by atoms with Crippen LogP contribution in [0.15, 0.2) is 53.3 Å². The van der Waals surface area contributed by atoms with E-state index in [1.54, 1.807) is 24.3 Å². The van der Waals surface area contributed by atoms with Gasteiger partial charge in [-0.15, -0.1) is 5.10 Å². The molecule has 0 atom stereocenters. The molecule has 1 fully saturated rings. The van der Waals surface area contributed by atoms with Crippen LogP contribution in [0.5, 0.6) is 5.88 Å². The maximum atomic E-state index is 12.4. The summed E-state index contributed by atoms with van der Waals surface area (Å²) >= 11 is 9.38. The van der Waals surface area contributed by atoms with E-state index in [-0.39, 0.29) is 11.7 Å². The highest BCUT2D eigenvalue weighted by molar-refractivity contribution is 9.10. The monoisotopic (exact) mass is 560 g/mol. The van der Waals surface area contributed by atoms with Crippen molar-refractivity contribution in [3.8, 4) is 5.88 Å². The number of benzene rings is 1. The Hall–Kier alpha value is -2.95. The van der Waals surface area contributed by atoms with Crippen molar-refractivity contribution in [2.24, 2.45) is 5.92 Å². The molecule has 0 radical (unpaired) electrons. The van der Waals surface area contributed by atoms with E-state index in [1.807, 2.05) is 12.4 Å². The van der Waals surface area contributed by atoms with Crippen LogP contribution in [-0.4, -0.2) is 58.3 Å². The number of aromatic nitrogens is 3. The topological polar surface area (TPSA) is 112 Å². The van der Waals surface area contributed by atoms with E-state index in [1.165, 1.54) is 5.56 Å². The minimum Gasteiger partial charge on any atom is -0.388 e. The lowest BCUT2D eigenvalue weighted by molar-refractivity contribution is 0.102. The van der Waals surface area contributed by atoms with Crippen LogP contribution in [0.3, 0.4) is 0 Å². The van der Waals surface area contributed by atoms with Crippen LogP contribution >= 0.6 is 27.5 Å². The number of hydrogen-bond acceptors (Lipinski definition) is 6. The van der Waals surface area contributed by atoms with Crippen molar-refractivity contribution in [3.63, 3.8) is 0 Å². The number of pyridine rings is 1. The van der Waals surface area contributed by atoms with Crippen molar-refractivity contribution in [2.75, 3.05) is 31.5 Å². The number of aromatic amines is 1. The van der Waals surface area contributed by atoms with E-state index < -0.39 is 12.0 Å². The number of halogens is 2. The van der Waals surface area contributed by atoms with Crippen molar-refractivity contribution >= 4 is 45.3 Å². The molecule has 0 bridgehead atoms. The molecule has 3 heterocycles. The van der Waals surface area contributed by atoms with Gasteiger partial charge in [0.15, 0.2) is 0 Å². The predicted octanol–water partition coefficient (Wildman–Crippen LogP) is 4.52. The van der Waals surface area contributed by atoms with Gasteiger partial charge in [-0.05, 0) is 84.0 Å². The fourth-order valence-corrected chi connectivity index (χ4v) is 4.47. The second kappa shape index (κ2) is 12.1. The standard InChI is InChI=1S/C24H26BrClN6O3/c25-20-21(29-22(33)18-3-1-2-4-19(18)26)30-31-23(20)35-24(34)28-15-17-8-13-32(14-9-17)12-7-16-5-10-27-11-6-16/h1-6,10-11,17H,7-9,12-15H2,(H,28,34)(H2,29,30,31,33). The van der Waals surface area contributed by atoms with E-state index in [0.717, 1.165) is 38.9 Å². The summed E-state index contributed by atoms with van der Waals surface area (Å²) in [6, 6.07) is 10.8. The maximum absolute atomic E-state index is 12.4. The smallest absolute Gasteiger partial charge is 0.388 e. The van der Waals surface area contributed by atoms with Crippen molar-refractivity contribution in [2.45, 2.75) is 19.3 Å². The summed E-state index contributed by atoms with van der Waals surface area (Å²) in [7, 11) is 0. The fraction of sp³-hybridized carbons (Fsp3) is 0.333. The number of anilines is 1. The lowest BCUT2D eigenvalue weighted by Crippen LogP contribution is -2.40. The van der Waals surface area contributed by atoms with Gasteiger partial charge in [0.2, 0.25) is 0 Å². The number of nitrogens with one attached hydrogen (secondary N) is 3. The van der Waals surface area contributed by atoms with Gasteiger partial charge >= 0.3 is 6.09 Å². The number of piperidine rings is 1. The average Bonchev–Trinajstić information content (AvgIpc) is 3.21. The Balaban J connectivity index is 1.19. The minimum atomic E-state index is -0.596. The summed E-state index contributed by atoms with van der Waals surface area (Å²) in [6.45, 7) is 3.57. The maximum Gasteiger partial charge on any atom is 0.414 e. The molecule has 0 spiro atoms. The molecule has 1 aliphatic heterocycles. The molecular formula is C24H26BrClN6O3. The minimum absolute atomic E-state index is 0.0305. The quantitative estimate of drug-likeness (QED) is 0.373. The summed E-state index contributed by atoms with van der Waals surface area (Å²) in [4.78, 5) is 31.3. The van der Waals surface area contributed by atoms with Crippen LogP contribution in [0.1, 0.15) is 28.8 Å². The van der Waals surface area contributed by atoms with E-state index in [2.05, 4.69) is 58.8 Å². The largest absolute Gasteiger partial charge is 0.414 e. The van der Waals surface area contributed by atoms with Gasteiger partial charge in [0.25, 0.3) is 11.8 Å². The highest BCUT2D eigenvalue weighted by Crippen LogP contribution is 2.30. The molecule has 2 amide bonds. The summed E-state index contributed by atoms with van der Waals surface area (Å²) in [5.41, 5.74) is 1.61. The molecule has 0 saturated carbocycles. The summed E-state index contributed by atoms with van der Waals surface area (Å²) in [6.07, 6.45) is 6.09. The number of amides is 2. The van der Waals surface area contributed by atoms with Gasteiger partial charge < -0.3 is 20.3 Å². The van der Waals surface area contributed by atoms with Gasteiger partial charge in [-0.2, -0.15) is 0 Å². The Morgan fingerprint density at radius 2 is 1.91 bits per heavy atom. The van der Waals surface area contributed by atoms with Crippen molar-refractivity contribution < 1.29 is 14.3 Å². The fourth-order valence-electron chi connectivity index (χ4n) is 3.89. The summed E-state index contributed by atoms with van der Waals surface area (Å²) in [5.74, 6) is 0.274. The van der Waals surface area contributed by atoms with Gasteiger partial charge in [0.05, 0.1) is 10.6 Å². The van der Waals surface area contributed by atoms with Crippen LogP contribution in [0.4, 0.5) is 10.6 Å². The van der Waals surface area contributed by atoms with Crippen LogP contribution in [0.25, 0.3) is 0 Å². The van der Waals surface area contributed by atoms with Crippen LogP contribution in [0, 0.1) is 5.92 Å². The molecule has 3 aromatic rings. The number of nitrogens with zero attached hydrogens (tertiary/aromatic N) is 3. The molecule has 1 aromatic carbocycles. The zero-order valence-corrected chi connectivity index (χ0v) is 21.3. The highest BCUT2D eigenvalue weighted by Gasteiger charge is 2.22. The number of hydrogen-bond donors (Lipinski definition) is 3. The molecule has 0 unspecified atom stereocenters. The number of likely N-dealkylation sites (tertiary alicyclic amines) is 1. The third-order valence-electron chi connectivity index (χ3n) is 5.93. The molecule has 9 nitrogen and oxygen atoms in total. The zero-order valence-electron chi connectivity index (χ0n) is 19.0. The molecule has 3 N–H and O–H groups in total. The zero-order chi connectivity index (χ0) is 24.6. The van der Waals surface area contributed by atoms with Gasteiger partial charge in [-0.3, -0.25) is 14.9 Å².